The van der Waals surface area contributed by atoms with Gasteiger partial charge in [0, 0.05) is 37.9 Å². The smallest absolute Gasteiger partial charge is 0.407 e. The molecule has 7 heteroatoms. The number of benzene rings is 2. The number of rotatable bonds is 7. The third-order valence-corrected chi connectivity index (χ3v) is 6.65. The number of carbonyl (C=O) groups is 2. The van der Waals surface area contributed by atoms with Crippen LogP contribution in [0.4, 0.5) is 4.79 Å². The first-order valence-electron chi connectivity index (χ1n) is 12.5. The zero-order valence-corrected chi connectivity index (χ0v) is 22.6. The number of nitrogens with zero attached hydrogens (tertiary/aromatic N) is 1. The average molecular weight is 497 g/mol. The number of methoxy groups -OCH3 is 2. The monoisotopic (exact) mass is 496 g/mol. The van der Waals surface area contributed by atoms with E-state index in [1.54, 1.807) is 14.2 Å². The molecular formula is C29H40N2O5. The Kier molecular flexibility index (Phi) is 8.67. The molecule has 1 aliphatic rings. The van der Waals surface area contributed by atoms with Crippen molar-refractivity contribution in [3.63, 3.8) is 0 Å². The maximum atomic E-state index is 13.2. The molecule has 196 valence electrons. The van der Waals surface area contributed by atoms with E-state index in [0.717, 1.165) is 24.0 Å². The number of piperidine rings is 1. The first-order chi connectivity index (χ1) is 16.9. The molecule has 7 nitrogen and oxygen atoms in total. The fourth-order valence-corrected chi connectivity index (χ4v) is 4.48. The third-order valence-electron chi connectivity index (χ3n) is 6.65. The first kappa shape index (κ1) is 27.5. The normalized spacial score (nSPS) is 14.9. The molecule has 0 atom stereocenters. The van der Waals surface area contributed by atoms with Crippen molar-refractivity contribution in [3.05, 3.63) is 64.7 Å². The van der Waals surface area contributed by atoms with Gasteiger partial charge in [0.15, 0.2) is 0 Å². The summed E-state index contributed by atoms with van der Waals surface area (Å²) in [5, 5.41) is 2.82. The van der Waals surface area contributed by atoms with Gasteiger partial charge in [-0.15, -0.1) is 0 Å². The molecule has 1 saturated heterocycles. The molecule has 2 aromatic carbocycles. The Bertz CT molecular complexity index is 1070. The molecule has 1 N–H and O–H groups in total. The molecule has 0 unspecified atom stereocenters. The molecule has 0 aromatic heterocycles. The summed E-state index contributed by atoms with van der Waals surface area (Å²) in [5.41, 5.74) is 2.76. The summed E-state index contributed by atoms with van der Waals surface area (Å²) in [6.45, 7) is 11.3. The van der Waals surface area contributed by atoms with E-state index in [1.165, 1.54) is 5.56 Å². The second-order valence-electron chi connectivity index (χ2n) is 10.8. The van der Waals surface area contributed by atoms with Crippen LogP contribution in [0, 0.1) is 0 Å². The lowest BCUT2D eigenvalue weighted by Crippen LogP contribution is -2.38. The zero-order chi connectivity index (χ0) is 26.5. The molecule has 0 bridgehead atoms. The number of nitrogens with one attached hydrogen (secondary N) is 1. The molecule has 2 amide bonds. The molecule has 0 saturated carbocycles. The van der Waals surface area contributed by atoms with Crippen LogP contribution in [0.3, 0.4) is 0 Å². The largest absolute Gasteiger partial charge is 0.496 e. The third kappa shape index (κ3) is 7.00. The highest BCUT2D eigenvalue weighted by molar-refractivity contribution is 5.95. The summed E-state index contributed by atoms with van der Waals surface area (Å²) in [7, 11) is 3.28. The van der Waals surface area contributed by atoms with E-state index >= 15 is 0 Å². The van der Waals surface area contributed by atoms with E-state index in [2.05, 4.69) is 17.4 Å². The van der Waals surface area contributed by atoms with Crippen LogP contribution in [0.25, 0.3) is 0 Å². The van der Waals surface area contributed by atoms with Crippen molar-refractivity contribution in [2.45, 2.75) is 71.1 Å². The highest BCUT2D eigenvalue weighted by Crippen LogP contribution is 2.34. The van der Waals surface area contributed by atoms with E-state index in [0.29, 0.717) is 36.9 Å². The number of hydrogen-bond donors (Lipinski definition) is 1. The van der Waals surface area contributed by atoms with Gasteiger partial charge in [-0.05, 0) is 76.6 Å². The second kappa shape index (κ2) is 11.3. The predicted octanol–water partition coefficient (Wildman–Crippen LogP) is 5.62. The number of ether oxygens (including phenoxy) is 3. The molecule has 0 spiro atoms. The summed E-state index contributed by atoms with van der Waals surface area (Å²) in [6, 6.07) is 13.9. The molecule has 0 radical (unpaired) electrons. The molecular weight excluding hydrogens is 456 g/mol. The summed E-state index contributed by atoms with van der Waals surface area (Å²) in [4.78, 5) is 27.1. The Morgan fingerprint density at radius 3 is 2.31 bits per heavy atom. The zero-order valence-electron chi connectivity index (χ0n) is 22.6. The maximum absolute atomic E-state index is 13.2. The maximum Gasteiger partial charge on any atom is 0.407 e. The number of likely N-dealkylation sites (tertiary alicyclic amines) is 1. The number of hydrogen-bond acceptors (Lipinski definition) is 5. The van der Waals surface area contributed by atoms with Gasteiger partial charge < -0.3 is 24.4 Å². The molecule has 1 fully saturated rings. The van der Waals surface area contributed by atoms with Gasteiger partial charge in [0.25, 0.3) is 5.91 Å². The lowest BCUT2D eigenvalue weighted by Gasteiger charge is -2.33. The van der Waals surface area contributed by atoms with Crippen LogP contribution in [-0.4, -0.2) is 49.8 Å². The minimum atomic E-state index is -0.523. The van der Waals surface area contributed by atoms with E-state index in [1.807, 2.05) is 69.9 Å². The van der Waals surface area contributed by atoms with Crippen LogP contribution in [0.5, 0.6) is 5.75 Å². The van der Waals surface area contributed by atoms with Crippen LogP contribution in [-0.2, 0) is 21.6 Å². The van der Waals surface area contributed by atoms with Gasteiger partial charge in [-0.25, -0.2) is 4.79 Å². The highest BCUT2D eigenvalue weighted by Gasteiger charge is 2.28. The fourth-order valence-electron chi connectivity index (χ4n) is 4.48. The molecule has 1 heterocycles. The predicted molar refractivity (Wildman–Crippen MR) is 140 cm³/mol. The van der Waals surface area contributed by atoms with Gasteiger partial charge in [0.1, 0.15) is 11.4 Å². The van der Waals surface area contributed by atoms with Gasteiger partial charge >= 0.3 is 6.09 Å². The van der Waals surface area contributed by atoms with Crippen molar-refractivity contribution < 1.29 is 23.8 Å². The molecule has 3 rings (SSSR count). The number of alkyl carbamates (subject to hydrolysis) is 1. The van der Waals surface area contributed by atoms with E-state index in [-0.39, 0.29) is 5.91 Å². The average Bonchev–Trinajstić information content (AvgIpc) is 2.86. The standard InChI is InChI=1S/C29H40N2O5/c1-28(2,3)36-27(33)30-19-20-9-8-10-22(17-20)21-13-15-31(16-14-21)26(32)23-11-12-24(25(18-23)34-6)29(4,5)35-7/h8-12,17-18,21H,13-16,19H2,1-7H3,(H,30,33). The van der Waals surface area contributed by atoms with Gasteiger partial charge in [-0.2, -0.15) is 0 Å². The highest BCUT2D eigenvalue weighted by atomic mass is 16.6. The van der Waals surface area contributed by atoms with Crippen molar-refractivity contribution in [2.24, 2.45) is 0 Å². The number of carbonyl (C=O) groups excluding carboxylic acids is 2. The van der Waals surface area contributed by atoms with Crippen LogP contribution in [0.1, 0.15) is 80.4 Å². The Morgan fingerprint density at radius 2 is 1.69 bits per heavy atom. The molecule has 1 aliphatic heterocycles. The van der Waals surface area contributed by atoms with Crippen LogP contribution < -0.4 is 10.1 Å². The Balaban J connectivity index is 1.60. The minimum Gasteiger partial charge on any atom is -0.496 e. The summed E-state index contributed by atoms with van der Waals surface area (Å²) in [6.07, 6.45) is 1.36. The molecule has 36 heavy (non-hydrogen) atoms. The van der Waals surface area contributed by atoms with E-state index < -0.39 is 17.3 Å². The summed E-state index contributed by atoms with van der Waals surface area (Å²) in [5.74, 6) is 1.04. The van der Waals surface area contributed by atoms with Crippen molar-refractivity contribution in [1.29, 1.82) is 0 Å². The Hall–Kier alpha value is -3.06. The van der Waals surface area contributed by atoms with Gasteiger partial charge in [-0.3, -0.25) is 4.79 Å². The SMILES string of the molecule is COc1cc(C(=O)N2CCC(c3cccc(CNC(=O)OC(C)(C)C)c3)CC2)ccc1C(C)(C)OC. The Morgan fingerprint density at radius 1 is 1.00 bits per heavy atom. The molecule has 0 aliphatic carbocycles. The number of amides is 2. The second-order valence-corrected chi connectivity index (χ2v) is 10.8. The van der Waals surface area contributed by atoms with Gasteiger partial charge in [0.05, 0.1) is 12.7 Å². The minimum absolute atomic E-state index is 0.0174. The van der Waals surface area contributed by atoms with Crippen molar-refractivity contribution in [1.82, 2.24) is 10.2 Å². The van der Waals surface area contributed by atoms with Crippen LogP contribution >= 0.6 is 0 Å². The first-order valence-corrected chi connectivity index (χ1v) is 12.5. The Labute approximate surface area is 215 Å². The quantitative estimate of drug-likeness (QED) is 0.538. The van der Waals surface area contributed by atoms with Crippen molar-refractivity contribution in [3.8, 4) is 5.75 Å². The topological polar surface area (TPSA) is 77.1 Å². The lowest BCUT2D eigenvalue weighted by molar-refractivity contribution is 0.0172. The van der Waals surface area contributed by atoms with E-state index in [9.17, 15) is 9.59 Å². The van der Waals surface area contributed by atoms with Crippen molar-refractivity contribution in [2.75, 3.05) is 27.3 Å². The van der Waals surface area contributed by atoms with Crippen molar-refractivity contribution >= 4 is 12.0 Å². The van der Waals surface area contributed by atoms with Crippen LogP contribution in [0.2, 0.25) is 0 Å². The van der Waals surface area contributed by atoms with E-state index in [4.69, 9.17) is 14.2 Å². The summed E-state index contributed by atoms with van der Waals surface area (Å²) < 4.78 is 16.5. The summed E-state index contributed by atoms with van der Waals surface area (Å²) >= 11 is 0. The van der Waals surface area contributed by atoms with Gasteiger partial charge in [-0.1, -0.05) is 30.3 Å². The fraction of sp³-hybridized carbons (Fsp3) is 0.517. The van der Waals surface area contributed by atoms with Crippen LogP contribution in [0.15, 0.2) is 42.5 Å². The van der Waals surface area contributed by atoms with Gasteiger partial charge in [0.2, 0.25) is 0 Å². The molecule has 2 aromatic rings. The lowest BCUT2D eigenvalue weighted by atomic mass is 9.88.